The standard InChI is InChI=1S/C12H12N4O2/c1-5-3-7-8(4-6(5)2)14-10-9(13-7)11(17)16-12(18)15-10/h3-4H2,1-2H3,(H2,14,15,16,17,18). The normalized spacial score (nSPS) is 15.0. The van der Waals surface area contributed by atoms with Gasteiger partial charge in [0.15, 0.2) is 11.2 Å². The Labute approximate surface area is 102 Å². The SMILES string of the molecule is CC1=C(C)Cc2nc3c(=O)[nH]c(=O)[nH]c3nc2C1. The van der Waals surface area contributed by atoms with Gasteiger partial charge in [-0.15, -0.1) is 0 Å². The lowest BCUT2D eigenvalue weighted by atomic mass is 9.94. The van der Waals surface area contributed by atoms with E-state index in [0.29, 0.717) is 6.42 Å². The van der Waals surface area contributed by atoms with Crippen LogP contribution in [0.15, 0.2) is 20.7 Å². The van der Waals surface area contributed by atoms with Crippen molar-refractivity contribution in [1.29, 1.82) is 0 Å². The molecule has 0 aromatic carbocycles. The zero-order valence-electron chi connectivity index (χ0n) is 10.1. The molecule has 0 spiro atoms. The summed E-state index contributed by atoms with van der Waals surface area (Å²) in [7, 11) is 0. The summed E-state index contributed by atoms with van der Waals surface area (Å²) in [6.07, 6.45) is 1.43. The minimum atomic E-state index is -0.555. The highest BCUT2D eigenvalue weighted by atomic mass is 16.2. The van der Waals surface area contributed by atoms with E-state index in [1.54, 1.807) is 0 Å². The minimum absolute atomic E-state index is 0.195. The van der Waals surface area contributed by atoms with Gasteiger partial charge in [0, 0.05) is 12.8 Å². The predicted octanol–water partition coefficient (Wildman–Crippen LogP) is 0.441. The van der Waals surface area contributed by atoms with Crippen LogP contribution in [0.1, 0.15) is 25.2 Å². The van der Waals surface area contributed by atoms with E-state index in [9.17, 15) is 9.59 Å². The average Bonchev–Trinajstić information content (AvgIpc) is 2.29. The molecular weight excluding hydrogens is 232 g/mol. The highest BCUT2D eigenvalue weighted by Crippen LogP contribution is 2.23. The summed E-state index contributed by atoms with van der Waals surface area (Å²) < 4.78 is 0. The molecule has 6 nitrogen and oxygen atoms in total. The van der Waals surface area contributed by atoms with Gasteiger partial charge in [0.2, 0.25) is 0 Å². The number of aromatic nitrogens is 4. The molecule has 0 bridgehead atoms. The van der Waals surface area contributed by atoms with Crippen molar-refractivity contribution in [3.63, 3.8) is 0 Å². The van der Waals surface area contributed by atoms with Gasteiger partial charge in [-0.1, -0.05) is 11.1 Å². The first kappa shape index (κ1) is 10.9. The summed E-state index contributed by atoms with van der Waals surface area (Å²) in [4.78, 5) is 36.2. The Morgan fingerprint density at radius 1 is 0.944 bits per heavy atom. The quantitative estimate of drug-likeness (QED) is 0.658. The third-order valence-electron chi connectivity index (χ3n) is 3.32. The molecule has 18 heavy (non-hydrogen) atoms. The molecule has 0 amide bonds. The fraction of sp³-hybridized carbons (Fsp3) is 0.333. The lowest BCUT2D eigenvalue weighted by Crippen LogP contribution is -2.25. The maximum Gasteiger partial charge on any atom is 0.327 e. The summed E-state index contributed by atoms with van der Waals surface area (Å²) in [6.45, 7) is 4.12. The molecule has 0 aliphatic heterocycles. The molecule has 2 heterocycles. The Morgan fingerprint density at radius 3 is 2.22 bits per heavy atom. The van der Waals surface area contributed by atoms with Crippen LogP contribution in [0.2, 0.25) is 0 Å². The van der Waals surface area contributed by atoms with Crippen molar-refractivity contribution >= 4 is 11.2 Å². The van der Waals surface area contributed by atoms with E-state index in [-0.39, 0.29) is 11.2 Å². The molecule has 1 aliphatic rings. The molecule has 0 atom stereocenters. The van der Waals surface area contributed by atoms with Gasteiger partial charge in [-0.2, -0.15) is 0 Å². The van der Waals surface area contributed by atoms with E-state index in [2.05, 4.69) is 33.8 Å². The van der Waals surface area contributed by atoms with Crippen molar-refractivity contribution in [2.45, 2.75) is 26.7 Å². The molecule has 6 heteroatoms. The number of rotatable bonds is 0. The monoisotopic (exact) mass is 244 g/mol. The van der Waals surface area contributed by atoms with Crippen molar-refractivity contribution in [3.05, 3.63) is 43.4 Å². The summed E-state index contributed by atoms with van der Waals surface area (Å²) >= 11 is 0. The number of H-pyrrole nitrogens is 2. The van der Waals surface area contributed by atoms with Gasteiger partial charge in [0.05, 0.1) is 11.4 Å². The maximum atomic E-state index is 11.6. The molecular formula is C12H12N4O2. The Morgan fingerprint density at radius 2 is 1.56 bits per heavy atom. The predicted molar refractivity (Wildman–Crippen MR) is 66.6 cm³/mol. The molecule has 2 aromatic rings. The number of fused-ring (bicyclic) bond motifs is 2. The van der Waals surface area contributed by atoms with Gasteiger partial charge in [-0.05, 0) is 13.8 Å². The second kappa shape index (κ2) is 3.63. The summed E-state index contributed by atoms with van der Waals surface area (Å²) in [5, 5.41) is 0. The lowest BCUT2D eigenvalue weighted by Gasteiger charge is -2.17. The fourth-order valence-corrected chi connectivity index (χ4v) is 2.14. The fourth-order valence-electron chi connectivity index (χ4n) is 2.14. The van der Waals surface area contributed by atoms with Crippen LogP contribution in [0.3, 0.4) is 0 Å². The molecule has 2 N–H and O–H groups in total. The van der Waals surface area contributed by atoms with E-state index in [0.717, 1.165) is 17.8 Å². The van der Waals surface area contributed by atoms with E-state index >= 15 is 0 Å². The van der Waals surface area contributed by atoms with E-state index in [1.165, 1.54) is 11.1 Å². The molecule has 0 radical (unpaired) electrons. The van der Waals surface area contributed by atoms with E-state index < -0.39 is 11.2 Å². The topological polar surface area (TPSA) is 91.5 Å². The van der Waals surface area contributed by atoms with E-state index in [1.807, 2.05) is 0 Å². The Balaban J connectivity index is 2.32. The molecule has 0 unspecified atom stereocenters. The Kier molecular flexibility index (Phi) is 2.19. The van der Waals surface area contributed by atoms with Gasteiger partial charge < -0.3 is 0 Å². The minimum Gasteiger partial charge on any atom is -0.290 e. The van der Waals surface area contributed by atoms with Gasteiger partial charge in [0.1, 0.15) is 0 Å². The second-order valence-corrected chi connectivity index (χ2v) is 4.64. The average molecular weight is 244 g/mol. The largest absolute Gasteiger partial charge is 0.327 e. The number of hydrogen-bond acceptors (Lipinski definition) is 4. The van der Waals surface area contributed by atoms with Gasteiger partial charge in [0.25, 0.3) is 5.56 Å². The summed E-state index contributed by atoms with van der Waals surface area (Å²) in [6, 6.07) is 0. The second-order valence-electron chi connectivity index (χ2n) is 4.64. The van der Waals surface area contributed by atoms with Gasteiger partial charge in [-0.3, -0.25) is 14.8 Å². The van der Waals surface area contributed by atoms with Crippen LogP contribution in [0.25, 0.3) is 11.2 Å². The molecule has 0 saturated heterocycles. The first-order chi connectivity index (χ1) is 8.54. The molecule has 0 fully saturated rings. The van der Waals surface area contributed by atoms with Gasteiger partial charge >= 0.3 is 5.69 Å². The van der Waals surface area contributed by atoms with Crippen LogP contribution in [0.4, 0.5) is 0 Å². The number of aromatic amines is 2. The zero-order valence-corrected chi connectivity index (χ0v) is 10.1. The third-order valence-corrected chi connectivity index (χ3v) is 3.32. The zero-order chi connectivity index (χ0) is 12.9. The van der Waals surface area contributed by atoms with Crippen LogP contribution >= 0.6 is 0 Å². The van der Waals surface area contributed by atoms with Crippen LogP contribution in [-0.4, -0.2) is 19.9 Å². The first-order valence-electron chi connectivity index (χ1n) is 5.72. The number of nitrogens with one attached hydrogen (secondary N) is 2. The third kappa shape index (κ3) is 1.57. The van der Waals surface area contributed by atoms with Crippen LogP contribution < -0.4 is 11.2 Å². The molecule has 2 aromatic heterocycles. The number of hydrogen-bond donors (Lipinski definition) is 2. The van der Waals surface area contributed by atoms with Crippen molar-refractivity contribution in [3.8, 4) is 0 Å². The Hall–Kier alpha value is -2.24. The molecule has 1 aliphatic carbocycles. The van der Waals surface area contributed by atoms with Crippen molar-refractivity contribution in [2.24, 2.45) is 0 Å². The van der Waals surface area contributed by atoms with Crippen molar-refractivity contribution in [2.75, 3.05) is 0 Å². The maximum absolute atomic E-state index is 11.6. The highest BCUT2D eigenvalue weighted by molar-refractivity contribution is 5.68. The number of nitrogens with zero attached hydrogens (tertiary/aromatic N) is 2. The van der Waals surface area contributed by atoms with Crippen molar-refractivity contribution < 1.29 is 0 Å². The lowest BCUT2D eigenvalue weighted by molar-refractivity contribution is 0.866. The van der Waals surface area contributed by atoms with Crippen LogP contribution in [-0.2, 0) is 12.8 Å². The first-order valence-corrected chi connectivity index (χ1v) is 5.72. The smallest absolute Gasteiger partial charge is 0.290 e. The molecule has 0 saturated carbocycles. The van der Waals surface area contributed by atoms with Crippen LogP contribution in [0, 0.1) is 0 Å². The Bertz CT molecular complexity index is 798. The van der Waals surface area contributed by atoms with E-state index in [4.69, 9.17) is 0 Å². The molecule has 3 rings (SSSR count). The van der Waals surface area contributed by atoms with Crippen LogP contribution in [0.5, 0.6) is 0 Å². The van der Waals surface area contributed by atoms with Crippen molar-refractivity contribution in [1.82, 2.24) is 19.9 Å². The van der Waals surface area contributed by atoms with Gasteiger partial charge in [-0.25, -0.2) is 14.8 Å². The summed E-state index contributed by atoms with van der Waals surface area (Å²) in [5.74, 6) is 0. The summed E-state index contributed by atoms with van der Waals surface area (Å²) in [5.41, 5.74) is 3.60. The number of allylic oxidation sites excluding steroid dienone is 2. The highest BCUT2D eigenvalue weighted by Gasteiger charge is 2.17. The molecule has 92 valence electrons.